The van der Waals surface area contributed by atoms with Gasteiger partial charge in [-0.2, -0.15) is 5.10 Å². The molecule has 0 spiro atoms. The lowest BCUT2D eigenvalue weighted by molar-refractivity contribution is 0.0939. The number of benzene rings is 2. The average molecular weight is 462 g/mol. The zero-order valence-corrected chi connectivity index (χ0v) is 21.0. The SMILES string of the molecule is COc1cc(-c2cnn(C)c2)cc(C(C)NC(=O)c2cc(N3CCC(N(C)C)C3)ccc2C)c1. The fraction of sp³-hybridized carbons (Fsp3) is 0.407. The van der Waals surface area contributed by atoms with E-state index in [4.69, 9.17) is 4.74 Å². The molecule has 2 atom stereocenters. The molecule has 2 unspecified atom stereocenters. The normalized spacial score (nSPS) is 16.7. The zero-order chi connectivity index (χ0) is 24.4. The van der Waals surface area contributed by atoms with Gasteiger partial charge in [-0.25, -0.2) is 0 Å². The van der Waals surface area contributed by atoms with Gasteiger partial charge in [0.05, 0.1) is 19.3 Å². The lowest BCUT2D eigenvalue weighted by Crippen LogP contribution is -2.31. The summed E-state index contributed by atoms with van der Waals surface area (Å²) in [5, 5.41) is 7.47. The minimum Gasteiger partial charge on any atom is -0.497 e. The summed E-state index contributed by atoms with van der Waals surface area (Å²) in [7, 11) is 7.81. The Hall–Kier alpha value is -3.32. The fourth-order valence-electron chi connectivity index (χ4n) is 4.53. The van der Waals surface area contributed by atoms with Gasteiger partial charge < -0.3 is 19.9 Å². The van der Waals surface area contributed by atoms with Gasteiger partial charge in [0.1, 0.15) is 5.75 Å². The van der Waals surface area contributed by atoms with Gasteiger partial charge in [-0.1, -0.05) is 6.07 Å². The van der Waals surface area contributed by atoms with Gasteiger partial charge in [-0.05, 0) is 81.4 Å². The largest absolute Gasteiger partial charge is 0.497 e. The van der Waals surface area contributed by atoms with Crippen molar-refractivity contribution < 1.29 is 9.53 Å². The Labute approximate surface area is 202 Å². The maximum Gasteiger partial charge on any atom is 0.252 e. The number of methoxy groups -OCH3 is 1. The summed E-state index contributed by atoms with van der Waals surface area (Å²) in [6.07, 6.45) is 4.93. The first kappa shape index (κ1) is 23.8. The number of anilines is 1. The molecule has 1 aliphatic rings. The molecule has 1 amide bonds. The van der Waals surface area contributed by atoms with Gasteiger partial charge in [0, 0.05) is 49.2 Å². The summed E-state index contributed by atoms with van der Waals surface area (Å²) in [6, 6.07) is 12.6. The summed E-state index contributed by atoms with van der Waals surface area (Å²) < 4.78 is 7.31. The molecule has 180 valence electrons. The van der Waals surface area contributed by atoms with Crippen molar-refractivity contribution in [2.75, 3.05) is 39.2 Å². The van der Waals surface area contributed by atoms with Crippen LogP contribution in [0.2, 0.25) is 0 Å². The molecule has 3 aromatic rings. The zero-order valence-electron chi connectivity index (χ0n) is 21.0. The van der Waals surface area contributed by atoms with E-state index in [0.717, 1.165) is 53.2 Å². The van der Waals surface area contributed by atoms with Crippen LogP contribution in [-0.4, -0.2) is 60.9 Å². The fourth-order valence-corrected chi connectivity index (χ4v) is 4.53. The number of likely N-dealkylation sites (N-methyl/N-ethyl adjacent to an activating group) is 1. The van der Waals surface area contributed by atoms with Crippen LogP contribution in [0.5, 0.6) is 5.75 Å². The number of rotatable bonds is 7. The number of amides is 1. The summed E-state index contributed by atoms with van der Waals surface area (Å²) in [5.74, 6) is 0.682. The molecular weight excluding hydrogens is 426 g/mol. The number of carbonyl (C=O) groups is 1. The van der Waals surface area contributed by atoms with Gasteiger partial charge in [-0.3, -0.25) is 9.48 Å². The van der Waals surface area contributed by atoms with Crippen molar-refractivity contribution in [2.45, 2.75) is 32.4 Å². The highest BCUT2D eigenvalue weighted by Gasteiger charge is 2.25. The second-order valence-corrected chi connectivity index (χ2v) is 9.44. The van der Waals surface area contributed by atoms with Gasteiger partial charge in [0.25, 0.3) is 5.91 Å². The monoisotopic (exact) mass is 461 g/mol. The van der Waals surface area contributed by atoms with Crippen molar-refractivity contribution in [1.29, 1.82) is 0 Å². The molecule has 4 rings (SSSR count). The number of ether oxygens (including phenoxy) is 1. The van der Waals surface area contributed by atoms with E-state index < -0.39 is 0 Å². The maximum absolute atomic E-state index is 13.3. The minimum absolute atomic E-state index is 0.0686. The van der Waals surface area contributed by atoms with Gasteiger partial charge in [-0.15, -0.1) is 0 Å². The van der Waals surface area contributed by atoms with Crippen LogP contribution in [0.25, 0.3) is 11.1 Å². The molecule has 1 saturated heterocycles. The van der Waals surface area contributed by atoms with E-state index in [9.17, 15) is 4.79 Å². The molecular formula is C27H35N5O2. The van der Waals surface area contributed by atoms with Crippen LogP contribution in [0.4, 0.5) is 5.69 Å². The van der Waals surface area contributed by atoms with E-state index in [0.29, 0.717) is 11.6 Å². The lowest BCUT2D eigenvalue weighted by atomic mass is 10.0. The lowest BCUT2D eigenvalue weighted by Gasteiger charge is -2.23. The number of aromatic nitrogens is 2. The third kappa shape index (κ3) is 5.09. The molecule has 2 aromatic carbocycles. The Morgan fingerprint density at radius 1 is 1.21 bits per heavy atom. The third-order valence-corrected chi connectivity index (χ3v) is 6.77. The van der Waals surface area contributed by atoms with Crippen LogP contribution < -0.4 is 15.0 Å². The summed E-state index contributed by atoms with van der Waals surface area (Å²) >= 11 is 0. The Balaban J connectivity index is 1.54. The van der Waals surface area contributed by atoms with Crippen LogP contribution in [0.1, 0.15) is 40.9 Å². The summed E-state index contributed by atoms with van der Waals surface area (Å²) in [6.45, 7) is 5.97. The molecule has 1 aromatic heterocycles. The van der Waals surface area contributed by atoms with Crippen molar-refractivity contribution in [2.24, 2.45) is 7.05 Å². The molecule has 0 aliphatic carbocycles. The molecule has 0 radical (unpaired) electrons. The molecule has 1 N–H and O–H groups in total. The molecule has 34 heavy (non-hydrogen) atoms. The van der Waals surface area contributed by atoms with E-state index in [-0.39, 0.29) is 11.9 Å². The average Bonchev–Trinajstić information content (AvgIpc) is 3.48. The number of hydrogen-bond donors (Lipinski definition) is 1. The predicted octanol–water partition coefficient (Wildman–Crippen LogP) is 4.04. The Kier molecular flexibility index (Phi) is 6.93. The van der Waals surface area contributed by atoms with Crippen LogP contribution >= 0.6 is 0 Å². The van der Waals surface area contributed by atoms with Crippen molar-refractivity contribution in [3.05, 3.63) is 65.5 Å². The number of carbonyl (C=O) groups excluding carboxylic acids is 1. The van der Waals surface area contributed by atoms with E-state index in [1.54, 1.807) is 11.8 Å². The van der Waals surface area contributed by atoms with Gasteiger partial charge in [0.2, 0.25) is 0 Å². The minimum atomic E-state index is -0.189. The summed E-state index contributed by atoms with van der Waals surface area (Å²) in [5.41, 5.74) is 5.78. The number of hydrogen-bond acceptors (Lipinski definition) is 5. The highest BCUT2D eigenvalue weighted by atomic mass is 16.5. The van der Waals surface area contributed by atoms with E-state index in [2.05, 4.69) is 46.4 Å². The Bertz CT molecular complexity index is 1170. The molecule has 1 aliphatic heterocycles. The van der Waals surface area contributed by atoms with Crippen LogP contribution in [-0.2, 0) is 7.05 Å². The van der Waals surface area contributed by atoms with Crippen LogP contribution in [0, 0.1) is 6.92 Å². The number of nitrogens with one attached hydrogen (secondary N) is 1. The Morgan fingerprint density at radius 2 is 2.00 bits per heavy atom. The quantitative estimate of drug-likeness (QED) is 0.576. The van der Waals surface area contributed by atoms with E-state index in [1.165, 1.54) is 0 Å². The van der Waals surface area contributed by atoms with Gasteiger partial charge in [0.15, 0.2) is 0 Å². The highest BCUT2D eigenvalue weighted by Crippen LogP contribution is 2.29. The second kappa shape index (κ2) is 9.89. The van der Waals surface area contributed by atoms with Crippen LogP contribution in [0.3, 0.4) is 0 Å². The second-order valence-electron chi connectivity index (χ2n) is 9.44. The maximum atomic E-state index is 13.3. The van der Waals surface area contributed by atoms with E-state index >= 15 is 0 Å². The van der Waals surface area contributed by atoms with Crippen molar-refractivity contribution in [3.8, 4) is 16.9 Å². The first-order valence-corrected chi connectivity index (χ1v) is 11.8. The standard InChI is InChI=1S/C27H35N5O2/c1-18-7-8-23(32-10-9-24(17-32)30(3)4)14-26(18)27(33)29-19(2)20-11-21(13-25(12-20)34-6)22-15-28-31(5)16-22/h7-8,11-16,19,24H,9-10,17H2,1-6H3,(H,29,33). The van der Waals surface area contributed by atoms with Gasteiger partial charge >= 0.3 is 0 Å². The first-order chi connectivity index (χ1) is 16.2. The summed E-state index contributed by atoms with van der Waals surface area (Å²) in [4.78, 5) is 18.0. The van der Waals surface area contributed by atoms with Crippen molar-refractivity contribution in [3.63, 3.8) is 0 Å². The van der Waals surface area contributed by atoms with Crippen molar-refractivity contribution in [1.82, 2.24) is 20.0 Å². The molecule has 1 fully saturated rings. The smallest absolute Gasteiger partial charge is 0.252 e. The molecule has 7 heteroatoms. The van der Waals surface area contributed by atoms with Crippen LogP contribution in [0.15, 0.2) is 48.8 Å². The Morgan fingerprint density at radius 3 is 2.65 bits per heavy atom. The van der Waals surface area contributed by atoms with E-state index in [1.807, 2.05) is 57.6 Å². The predicted molar refractivity (Wildman–Crippen MR) is 137 cm³/mol. The first-order valence-electron chi connectivity index (χ1n) is 11.8. The number of nitrogens with zero attached hydrogens (tertiary/aromatic N) is 4. The highest BCUT2D eigenvalue weighted by molar-refractivity contribution is 5.97. The topological polar surface area (TPSA) is 62.6 Å². The molecule has 2 heterocycles. The molecule has 0 saturated carbocycles. The van der Waals surface area contributed by atoms with Crippen molar-refractivity contribution >= 4 is 11.6 Å². The third-order valence-electron chi connectivity index (χ3n) is 6.77. The number of aryl methyl sites for hydroxylation is 2. The molecule has 7 nitrogen and oxygen atoms in total. The molecule has 0 bridgehead atoms.